The van der Waals surface area contributed by atoms with E-state index >= 15 is 0 Å². The molecule has 0 aliphatic heterocycles. The Labute approximate surface area is 122 Å². The molecule has 0 bridgehead atoms. The minimum atomic E-state index is -0.859. The third-order valence-corrected chi connectivity index (χ3v) is 4.13. The number of urea groups is 1. The van der Waals surface area contributed by atoms with Crippen LogP contribution in [0.4, 0.5) is 4.79 Å². The Morgan fingerprint density at radius 1 is 1.40 bits per heavy atom. The maximum Gasteiger partial charge on any atom is 0.315 e. The quantitative estimate of drug-likeness (QED) is 0.720. The fourth-order valence-corrected chi connectivity index (χ4v) is 2.48. The lowest BCUT2D eigenvalue weighted by Gasteiger charge is -2.16. The third-order valence-electron chi connectivity index (χ3n) is 2.81. The molecule has 0 fully saturated rings. The molecule has 1 aromatic rings. The number of carboxylic acid groups (broad SMARTS) is 1. The molecule has 6 nitrogen and oxygen atoms in total. The molecule has 1 heterocycles. The van der Waals surface area contributed by atoms with Gasteiger partial charge in [0.15, 0.2) is 0 Å². The van der Waals surface area contributed by atoms with Crippen LogP contribution in [0.1, 0.15) is 49.5 Å². The van der Waals surface area contributed by atoms with Gasteiger partial charge in [0.1, 0.15) is 5.01 Å². The number of thiazole rings is 1. The van der Waals surface area contributed by atoms with E-state index in [9.17, 15) is 9.59 Å². The Balaban J connectivity index is 2.39. The number of carbonyl (C=O) groups excluding carboxylic acids is 1. The molecule has 112 valence electrons. The topological polar surface area (TPSA) is 91.3 Å². The van der Waals surface area contributed by atoms with Crippen LogP contribution in [0.5, 0.6) is 0 Å². The van der Waals surface area contributed by atoms with Crippen molar-refractivity contribution in [2.45, 2.75) is 52.1 Å². The number of aliphatic carboxylic acids is 1. The van der Waals surface area contributed by atoms with Gasteiger partial charge in [0.05, 0.1) is 6.04 Å². The molecule has 3 N–H and O–H groups in total. The predicted molar refractivity (Wildman–Crippen MR) is 77.9 cm³/mol. The molecular formula is C13H21N3O3S. The zero-order valence-electron chi connectivity index (χ0n) is 12.0. The van der Waals surface area contributed by atoms with Crippen molar-refractivity contribution in [1.29, 1.82) is 0 Å². The fourth-order valence-electron chi connectivity index (χ4n) is 1.62. The molecular weight excluding hydrogens is 278 g/mol. The van der Waals surface area contributed by atoms with Gasteiger partial charge in [-0.15, -0.1) is 11.3 Å². The van der Waals surface area contributed by atoms with Gasteiger partial charge in [-0.05, 0) is 26.7 Å². The zero-order valence-corrected chi connectivity index (χ0v) is 12.8. The second-order valence-corrected chi connectivity index (χ2v) is 5.84. The van der Waals surface area contributed by atoms with Gasteiger partial charge >= 0.3 is 12.0 Å². The van der Waals surface area contributed by atoms with E-state index in [1.54, 1.807) is 18.3 Å². The van der Waals surface area contributed by atoms with Crippen LogP contribution in [0.15, 0.2) is 6.20 Å². The van der Waals surface area contributed by atoms with E-state index in [-0.39, 0.29) is 24.5 Å². The van der Waals surface area contributed by atoms with Crippen LogP contribution in [0.25, 0.3) is 0 Å². The minimum absolute atomic E-state index is 0.0450. The molecule has 0 spiro atoms. The average molecular weight is 299 g/mol. The summed E-state index contributed by atoms with van der Waals surface area (Å²) < 4.78 is 0. The second kappa shape index (κ2) is 7.84. The smallest absolute Gasteiger partial charge is 0.315 e. The molecule has 2 amide bonds. The molecule has 1 rings (SSSR count). The molecule has 0 aromatic carbocycles. The Bertz CT molecular complexity index is 461. The van der Waals surface area contributed by atoms with E-state index in [1.807, 2.05) is 13.1 Å². The number of carboxylic acids is 1. The number of rotatable bonds is 7. The van der Waals surface area contributed by atoms with Gasteiger partial charge in [-0.2, -0.15) is 0 Å². The molecule has 0 saturated heterocycles. The van der Waals surface area contributed by atoms with E-state index in [4.69, 9.17) is 5.11 Å². The van der Waals surface area contributed by atoms with Crippen molar-refractivity contribution in [3.8, 4) is 0 Å². The van der Waals surface area contributed by atoms with Crippen LogP contribution < -0.4 is 10.6 Å². The van der Waals surface area contributed by atoms with Crippen LogP contribution in [0, 0.1) is 0 Å². The predicted octanol–water partition coefficient (Wildman–Crippen LogP) is 2.32. The summed E-state index contributed by atoms with van der Waals surface area (Å²) in [6.07, 6.45) is 3.21. The Hall–Kier alpha value is -1.63. The van der Waals surface area contributed by atoms with Crippen molar-refractivity contribution in [3.05, 3.63) is 16.1 Å². The fraction of sp³-hybridized carbons (Fsp3) is 0.615. The minimum Gasteiger partial charge on any atom is -0.481 e. The highest BCUT2D eigenvalue weighted by Gasteiger charge is 2.15. The molecule has 0 radical (unpaired) electrons. The van der Waals surface area contributed by atoms with Gasteiger partial charge in [0, 0.05) is 23.5 Å². The summed E-state index contributed by atoms with van der Waals surface area (Å²) in [5, 5.41) is 15.0. The Morgan fingerprint density at radius 2 is 2.10 bits per heavy atom. The van der Waals surface area contributed by atoms with E-state index in [0.717, 1.165) is 11.4 Å². The van der Waals surface area contributed by atoms with Crippen LogP contribution in [0.3, 0.4) is 0 Å². The van der Waals surface area contributed by atoms with E-state index in [0.29, 0.717) is 6.42 Å². The number of nitrogens with zero attached hydrogens (tertiary/aromatic N) is 1. The number of hydrogen-bond donors (Lipinski definition) is 3. The van der Waals surface area contributed by atoms with Crippen molar-refractivity contribution < 1.29 is 14.7 Å². The van der Waals surface area contributed by atoms with Crippen LogP contribution in [-0.2, 0) is 11.2 Å². The molecule has 2 unspecified atom stereocenters. The van der Waals surface area contributed by atoms with E-state index < -0.39 is 5.97 Å². The van der Waals surface area contributed by atoms with Gasteiger partial charge in [0.2, 0.25) is 0 Å². The molecule has 0 saturated carbocycles. The highest BCUT2D eigenvalue weighted by atomic mass is 32.1. The van der Waals surface area contributed by atoms with Crippen molar-refractivity contribution in [3.63, 3.8) is 0 Å². The summed E-state index contributed by atoms with van der Waals surface area (Å²) >= 11 is 1.58. The number of amides is 2. The summed E-state index contributed by atoms with van der Waals surface area (Å²) in [6.45, 7) is 5.72. The second-order valence-electron chi connectivity index (χ2n) is 4.69. The van der Waals surface area contributed by atoms with Crippen molar-refractivity contribution in [1.82, 2.24) is 15.6 Å². The standard InChI is InChI=1S/C13H21N3O3S/c1-4-10-7-14-12(20-10)9(3)16-13(19)15-8(2)5-6-11(17)18/h7-9H,4-6H2,1-3H3,(H,17,18)(H2,15,16,19). The molecule has 0 aliphatic carbocycles. The first-order valence-corrected chi connectivity index (χ1v) is 7.47. The van der Waals surface area contributed by atoms with E-state index in [2.05, 4.69) is 22.5 Å². The molecule has 7 heteroatoms. The lowest BCUT2D eigenvalue weighted by atomic mass is 10.2. The third kappa shape index (κ3) is 5.56. The molecule has 0 aliphatic rings. The summed E-state index contributed by atoms with van der Waals surface area (Å²) in [4.78, 5) is 27.7. The average Bonchev–Trinajstić information content (AvgIpc) is 2.85. The number of carbonyl (C=O) groups is 2. The molecule has 20 heavy (non-hydrogen) atoms. The van der Waals surface area contributed by atoms with Crippen molar-refractivity contribution in [2.24, 2.45) is 0 Å². The first-order chi connectivity index (χ1) is 9.42. The lowest BCUT2D eigenvalue weighted by molar-refractivity contribution is -0.137. The van der Waals surface area contributed by atoms with Gasteiger partial charge in [-0.3, -0.25) is 4.79 Å². The summed E-state index contributed by atoms with van der Waals surface area (Å²) in [5.41, 5.74) is 0. The Kier molecular flexibility index (Phi) is 6.44. The SMILES string of the molecule is CCc1cnc(C(C)NC(=O)NC(C)CCC(=O)O)s1. The van der Waals surface area contributed by atoms with E-state index in [1.165, 1.54) is 4.88 Å². The first kappa shape index (κ1) is 16.4. The highest BCUT2D eigenvalue weighted by molar-refractivity contribution is 7.11. The lowest BCUT2D eigenvalue weighted by Crippen LogP contribution is -2.41. The van der Waals surface area contributed by atoms with Gasteiger partial charge in [-0.1, -0.05) is 6.92 Å². The number of aryl methyl sites for hydroxylation is 1. The van der Waals surface area contributed by atoms with Crippen molar-refractivity contribution >= 4 is 23.3 Å². The van der Waals surface area contributed by atoms with Crippen LogP contribution >= 0.6 is 11.3 Å². The molecule has 1 aromatic heterocycles. The summed E-state index contributed by atoms with van der Waals surface area (Å²) in [7, 11) is 0. The monoisotopic (exact) mass is 299 g/mol. The van der Waals surface area contributed by atoms with Gasteiger partial charge in [0.25, 0.3) is 0 Å². The highest BCUT2D eigenvalue weighted by Crippen LogP contribution is 2.20. The maximum absolute atomic E-state index is 11.8. The molecule has 2 atom stereocenters. The van der Waals surface area contributed by atoms with Crippen LogP contribution in [-0.4, -0.2) is 28.1 Å². The normalized spacial score (nSPS) is 13.6. The Morgan fingerprint density at radius 3 is 2.65 bits per heavy atom. The zero-order chi connectivity index (χ0) is 15.1. The first-order valence-electron chi connectivity index (χ1n) is 6.65. The maximum atomic E-state index is 11.8. The van der Waals surface area contributed by atoms with Crippen molar-refractivity contribution in [2.75, 3.05) is 0 Å². The largest absolute Gasteiger partial charge is 0.481 e. The summed E-state index contributed by atoms with van der Waals surface area (Å²) in [6, 6.07) is -0.642. The van der Waals surface area contributed by atoms with Crippen LogP contribution in [0.2, 0.25) is 0 Å². The van der Waals surface area contributed by atoms with Gasteiger partial charge < -0.3 is 15.7 Å². The number of hydrogen-bond acceptors (Lipinski definition) is 4. The summed E-state index contributed by atoms with van der Waals surface area (Å²) in [5.74, 6) is -0.859. The van der Waals surface area contributed by atoms with Gasteiger partial charge in [-0.25, -0.2) is 9.78 Å². The number of nitrogens with one attached hydrogen (secondary N) is 2. The number of aromatic nitrogens is 1.